The van der Waals surface area contributed by atoms with Crippen molar-refractivity contribution in [3.63, 3.8) is 0 Å². The van der Waals surface area contributed by atoms with E-state index in [2.05, 4.69) is 37.5 Å². The maximum Gasteiger partial charge on any atom is 0.264 e. The summed E-state index contributed by atoms with van der Waals surface area (Å²) in [5.41, 5.74) is 2.57. The van der Waals surface area contributed by atoms with Gasteiger partial charge in [0.1, 0.15) is 11.5 Å². The molecule has 0 saturated carbocycles. The molecule has 2 N–H and O–H groups in total. The van der Waals surface area contributed by atoms with Crippen LogP contribution in [0.4, 0.5) is 11.4 Å². The normalized spacial score (nSPS) is 19.9. The summed E-state index contributed by atoms with van der Waals surface area (Å²) < 4.78 is 18.1. The van der Waals surface area contributed by atoms with Gasteiger partial charge in [-0.05, 0) is 71.3 Å². The third-order valence-corrected chi connectivity index (χ3v) is 16.3. The van der Waals surface area contributed by atoms with Crippen LogP contribution in [0.25, 0.3) is 0 Å². The van der Waals surface area contributed by atoms with E-state index in [-0.39, 0.29) is 48.8 Å². The average molecular weight is 798 g/mol. The highest BCUT2D eigenvalue weighted by Crippen LogP contribution is 2.60. The fourth-order valence-electron chi connectivity index (χ4n) is 8.98. The highest BCUT2D eigenvalue weighted by molar-refractivity contribution is 6.91. The number of aliphatic hydroxyl groups excluding tert-OH is 1. The summed E-state index contributed by atoms with van der Waals surface area (Å²) in [5.74, 6) is 0.336. The largest absolute Gasteiger partial charge is 0.497 e. The van der Waals surface area contributed by atoms with Crippen molar-refractivity contribution in [3.8, 4) is 11.5 Å². The van der Waals surface area contributed by atoms with Gasteiger partial charge < -0.3 is 34.4 Å². The molecule has 0 aliphatic carbocycles. The number of carbonyl (C=O) groups excluding carboxylic acids is 3. The Balaban J connectivity index is 1.32. The van der Waals surface area contributed by atoms with Crippen molar-refractivity contribution in [1.82, 2.24) is 4.90 Å². The van der Waals surface area contributed by atoms with Crippen LogP contribution in [0.3, 0.4) is 0 Å². The number of hydrogen-bond acceptors (Lipinski definition) is 7. The predicted molar refractivity (Wildman–Crippen MR) is 228 cm³/mol. The van der Waals surface area contributed by atoms with Crippen LogP contribution < -0.4 is 24.9 Å². The molecule has 0 radical (unpaired) electrons. The van der Waals surface area contributed by atoms with Crippen LogP contribution in [0, 0.1) is 5.92 Å². The summed E-state index contributed by atoms with van der Waals surface area (Å²) in [7, 11) is 0.629. The lowest BCUT2D eigenvalue weighted by Gasteiger charge is -2.37. The molecule has 1 spiro atoms. The minimum atomic E-state index is -2.59. The van der Waals surface area contributed by atoms with Crippen LogP contribution in [-0.2, 0) is 33.0 Å². The van der Waals surface area contributed by atoms with E-state index in [0.29, 0.717) is 41.3 Å². The van der Waals surface area contributed by atoms with Crippen molar-refractivity contribution in [2.45, 2.75) is 56.8 Å². The third kappa shape index (κ3) is 7.77. The van der Waals surface area contributed by atoms with Crippen molar-refractivity contribution in [1.29, 1.82) is 0 Å². The van der Waals surface area contributed by atoms with Gasteiger partial charge >= 0.3 is 0 Å². The first-order valence-electron chi connectivity index (χ1n) is 19.7. The van der Waals surface area contributed by atoms with Crippen LogP contribution >= 0.6 is 0 Å². The number of nitrogens with zero attached hydrogens (tertiary/aromatic N) is 2. The zero-order valence-corrected chi connectivity index (χ0v) is 34.7. The van der Waals surface area contributed by atoms with E-state index in [9.17, 15) is 14.7 Å². The highest BCUT2D eigenvalue weighted by atomic mass is 28.3. The second-order valence-electron chi connectivity index (χ2n) is 15.7. The van der Waals surface area contributed by atoms with Gasteiger partial charge in [0.05, 0.1) is 53.7 Å². The number of anilines is 2. The first kappa shape index (κ1) is 40.4. The summed E-state index contributed by atoms with van der Waals surface area (Å²) in [6, 6.07) is 40.1. The molecule has 2 aliphatic heterocycles. The summed E-state index contributed by atoms with van der Waals surface area (Å²) in [6.07, 6.45) is -0.625. The Hall–Kier alpha value is -5.75. The molecule has 0 unspecified atom stereocenters. The number of fused-ring (bicyclic) bond motifs is 2. The SMILES string of the molecule is COc1ccc(C(=O)Nc2ccc3c(c2)[C@]2(O[C@@H](CC(=O)N(CCO)Cc4ccccc4)[C@H]([Si](C)(C)c4ccc(OC)cc4)[C@H]2C)C(=O)N3Cc2ccccc2)cc1. The van der Waals surface area contributed by atoms with E-state index < -0.39 is 19.8 Å². The number of carbonyl (C=O) groups is 3. The lowest BCUT2D eigenvalue weighted by Crippen LogP contribution is -2.52. The smallest absolute Gasteiger partial charge is 0.264 e. The fourth-order valence-corrected chi connectivity index (χ4v) is 13.0. The maximum absolute atomic E-state index is 15.4. The summed E-state index contributed by atoms with van der Waals surface area (Å²) in [4.78, 5) is 46.9. The van der Waals surface area contributed by atoms with E-state index in [4.69, 9.17) is 14.2 Å². The maximum atomic E-state index is 15.4. The molecule has 3 amide bonds. The zero-order valence-electron chi connectivity index (χ0n) is 33.7. The molecule has 7 rings (SSSR count). The monoisotopic (exact) mass is 797 g/mol. The van der Waals surface area contributed by atoms with Crippen molar-refractivity contribution in [2.75, 3.05) is 37.6 Å². The summed E-state index contributed by atoms with van der Waals surface area (Å²) in [5, 5.41) is 14.3. The Bertz CT molecular complexity index is 2240. The van der Waals surface area contributed by atoms with Gasteiger partial charge in [-0.15, -0.1) is 0 Å². The Morgan fingerprint density at radius 2 is 1.45 bits per heavy atom. The number of nitrogens with one attached hydrogen (secondary N) is 1. The number of rotatable bonds is 14. The molecule has 58 heavy (non-hydrogen) atoms. The number of amides is 3. The van der Waals surface area contributed by atoms with E-state index in [1.165, 1.54) is 0 Å². The lowest BCUT2D eigenvalue weighted by atomic mass is 9.82. The zero-order chi connectivity index (χ0) is 41.0. The van der Waals surface area contributed by atoms with Gasteiger partial charge in [-0.2, -0.15) is 0 Å². The van der Waals surface area contributed by atoms with Crippen LogP contribution in [-0.4, -0.2) is 69.3 Å². The molecule has 0 bridgehead atoms. The average Bonchev–Trinajstić information content (AvgIpc) is 3.66. The molecule has 5 aromatic carbocycles. The molecule has 2 aliphatic rings. The molecule has 10 nitrogen and oxygen atoms in total. The molecule has 300 valence electrons. The first-order valence-corrected chi connectivity index (χ1v) is 22.8. The van der Waals surface area contributed by atoms with Crippen molar-refractivity contribution in [2.24, 2.45) is 5.92 Å². The van der Waals surface area contributed by atoms with Crippen molar-refractivity contribution in [3.05, 3.63) is 150 Å². The topological polar surface area (TPSA) is 118 Å². The van der Waals surface area contributed by atoms with Crippen LogP contribution in [0.1, 0.15) is 40.4 Å². The molecule has 0 aromatic heterocycles. The third-order valence-electron chi connectivity index (χ3n) is 11.9. The van der Waals surface area contributed by atoms with Crippen LogP contribution in [0.2, 0.25) is 18.6 Å². The quantitative estimate of drug-likeness (QED) is 0.115. The minimum Gasteiger partial charge on any atom is -0.497 e. The Kier molecular flexibility index (Phi) is 11.9. The minimum absolute atomic E-state index is 0.0192. The molecule has 5 aromatic rings. The van der Waals surface area contributed by atoms with Gasteiger partial charge in [0.25, 0.3) is 11.8 Å². The Morgan fingerprint density at radius 1 is 0.845 bits per heavy atom. The van der Waals surface area contributed by atoms with Gasteiger partial charge in [0, 0.05) is 35.8 Å². The predicted octanol–water partition coefficient (Wildman–Crippen LogP) is 7.13. The van der Waals surface area contributed by atoms with Gasteiger partial charge in [0.15, 0.2) is 5.60 Å². The van der Waals surface area contributed by atoms with Gasteiger partial charge in [0.2, 0.25) is 5.91 Å². The van der Waals surface area contributed by atoms with Gasteiger partial charge in [-0.3, -0.25) is 14.4 Å². The Labute approximate surface area is 341 Å². The van der Waals surface area contributed by atoms with Crippen molar-refractivity contribution < 1.29 is 33.7 Å². The lowest BCUT2D eigenvalue weighted by molar-refractivity contribution is -0.150. The van der Waals surface area contributed by atoms with E-state index in [1.54, 1.807) is 48.3 Å². The Morgan fingerprint density at radius 3 is 2.05 bits per heavy atom. The number of methoxy groups -OCH3 is 2. The molecule has 11 heteroatoms. The molecule has 1 fully saturated rings. The number of benzene rings is 5. The number of ether oxygens (including phenoxy) is 3. The summed E-state index contributed by atoms with van der Waals surface area (Å²) in [6.45, 7) is 7.26. The van der Waals surface area contributed by atoms with Crippen LogP contribution in [0.5, 0.6) is 11.5 Å². The highest BCUT2D eigenvalue weighted by Gasteiger charge is 2.66. The molecule has 1 saturated heterocycles. The number of aliphatic hydroxyl groups is 1. The second kappa shape index (κ2) is 17.0. The second-order valence-corrected chi connectivity index (χ2v) is 20.4. The van der Waals surface area contributed by atoms with E-state index in [1.807, 2.05) is 91.0 Å². The van der Waals surface area contributed by atoms with E-state index in [0.717, 1.165) is 22.1 Å². The van der Waals surface area contributed by atoms with Gasteiger partial charge in [-0.1, -0.05) is 98.0 Å². The molecule has 4 atom stereocenters. The van der Waals surface area contributed by atoms with E-state index >= 15 is 4.79 Å². The number of hydrogen-bond donors (Lipinski definition) is 2. The van der Waals surface area contributed by atoms with Crippen molar-refractivity contribution >= 4 is 42.4 Å². The first-order chi connectivity index (χ1) is 28.0. The molecular weight excluding hydrogens is 747 g/mol. The molecular formula is C47H51N3O7Si. The van der Waals surface area contributed by atoms with Gasteiger partial charge in [-0.25, -0.2) is 0 Å². The standard InChI is InChI=1S/C47H51N3O7Si/c1-32-44(58(4,5)39-23-21-38(56-3)22-24-39)42(29-43(52)49(26-27-51)30-33-12-8-6-9-13-33)57-47(32)40-28-36(48-45(53)35-16-19-37(55-2)20-17-35)18-25-41(40)50(46(47)54)31-34-14-10-7-11-15-34/h6-25,28,32,42,44,51H,26-27,29-31H2,1-5H3,(H,48,53)/t32-,42+,44-,47+/m1/s1. The van der Waals surface area contributed by atoms with Crippen LogP contribution in [0.15, 0.2) is 127 Å². The fraction of sp³-hybridized carbons (Fsp3) is 0.298. The summed E-state index contributed by atoms with van der Waals surface area (Å²) >= 11 is 0. The molecule has 2 heterocycles.